The Balaban J connectivity index is 1.57. The summed E-state index contributed by atoms with van der Waals surface area (Å²) in [6, 6.07) is 16.2. The van der Waals surface area contributed by atoms with Crippen LogP contribution in [0.2, 0.25) is 10.0 Å². The first-order valence-electron chi connectivity index (χ1n) is 10.3. The zero-order chi connectivity index (χ0) is 25.3. The van der Waals surface area contributed by atoms with E-state index in [2.05, 4.69) is 10.6 Å². The van der Waals surface area contributed by atoms with Crippen molar-refractivity contribution in [2.24, 2.45) is 0 Å². The lowest BCUT2D eigenvalue weighted by molar-refractivity contribution is -0.120. The van der Waals surface area contributed by atoms with Gasteiger partial charge in [0.2, 0.25) is 0 Å². The van der Waals surface area contributed by atoms with Crippen LogP contribution in [0.25, 0.3) is 0 Å². The second-order valence-corrected chi connectivity index (χ2v) is 8.82. The molecule has 10 heteroatoms. The highest BCUT2D eigenvalue weighted by Gasteiger charge is 2.40. The minimum Gasteiger partial charge on any atom is -0.495 e. The number of methoxy groups -OCH3 is 1. The molecule has 0 radical (unpaired) electrons. The van der Waals surface area contributed by atoms with E-state index < -0.39 is 17.7 Å². The highest BCUT2D eigenvalue weighted by Crippen LogP contribution is 2.36. The molecule has 4 rings (SSSR count). The van der Waals surface area contributed by atoms with Gasteiger partial charge in [0.05, 0.1) is 23.5 Å². The monoisotopic (exact) mass is 529 g/mol. The third-order valence-electron chi connectivity index (χ3n) is 5.18. The number of aryl methyl sites for hydroxylation is 1. The number of hydrogen-bond acceptors (Lipinski definition) is 5. The average molecular weight is 531 g/mol. The summed E-state index contributed by atoms with van der Waals surface area (Å²) >= 11 is 18.3. The zero-order valence-electron chi connectivity index (χ0n) is 18.5. The van der Waals surface area contributed by atoms with Crippen molar-refractivity contribution in [1.82, 2.24) is 0 Å². The van der Waals surface area contributed by atoms with Crippen LogP contribution in [-0.2, 0) is 9.59 Å². The number of carbonyl (C=O) groups is 3. The van der Waals surface area contributed by atoms with Crippen LogP contribution in [0, 0.1) is 6.92 Å². The molecule has 178 valence electrons. The number of imide groups is 1. The predicted octanol–water partition coefficient (Wildman–Crippen LogP) is 6.00. The lowest BCUT2D eigenvalue weighted by Gasteiger charge is -2.18. The van der Waals surface area contributed by atoms with Crippen molar-refractivity contribution >= 4 is 69.6 Å². The highest BCUT2D eigenvalue weighted by molar-refractivity contribution is 6.53. The van der Waals surface area contributed by atoms with Gasteiger partial charge in [-0.1, -0.05) is 46.9 Å². The molecule has 0 saturated carbocycles. The van der Waals surface area contributed by atoms with E-state index in [0.717, 1.165) is 10.5 Å². The van der Waals surface area contributed by atoms with Crippen molar-refractivity contribution in [3.8, 4) is 5.75 Å². The van der Waals surface area contributed by atoms with E-state index in [1.54, 1.807) is 48.5 Å². The quantitative estimate of drug-likeness (QED) is 0.382. The van der Waals surface area contributed by atoms with Crippen molar-refractivity contribution in [2.45, 2.75) is 6.92 Å². The number of carbonyl (C=O) groups excluding carboxylic acids is 3. The van der Waals surface area contributed by atoms with Gasteiger partial charge < -0.3 is 15.4 Å². The molecular weight excluding hydrogens is 513 g/mol. The fourth-order valence-electron chi connectivity index (χ4n) is 3.47. The highest BCUT2D eigenvalue weighted by atomic mass is 35.5. The van der Waals surface area contributed by atoms with Gasteiger partial charge >= 0.3 is 0 Å². The van der Waals surface area contributed by atoms with Crippen LogP contribution >= 0.6 is 34.8 Å². The molecule has 1 heterocycles. The normalized spacial score (nSPS) is 13.3. The molecular formula is C25H18Cl3N3O4. The van der Waals surface area contributed by atoms with Crippen molar-refractivity contribution in [3.63, 3.8) is 0 Å². The Morgan fingerprint density at radius 1 is 0.943 bits per heavy atom. The van der Waals surface area contributed by atoms with E-state index in [1.165, 1.54) is 19.2 Å². The molecule has 7 nitrogen and oxygen atoms in total. The number of nitrogens with one attached hydrogen (secondary N) is 2. The Hall–Kier alpha value is -3.52. The second-order valence-electron chi connectivity index (χ2n) is 7.59. The molecule has 0 aliphatic carbocycles. The molecule has 35 heavy (non-hydrogen) atoms. The van der Waals surface area contributed by atoms with Gasteiger partial charge in [0.25, 0.3) is 17.7 Å². The third kappa shape index (κ3) is 4.98. The SMILES string of the molecule is COc1ccc(C)cc1N1C(=O)C(Cl)=C(Nc2cccc(C(=O)Nc3ccc(Cl)cc3Cl)c2)C1=O. The molecule has 3 aromatic carbocycles. The Morgan fingerprint density at radius 3 is 2.43 bits per heavy atom. The second kappa shape index (κ2) is 10.00. The molecule has 1 aliphatic heterocycles. The fraction of sp³-hybridized carbons (Fsp3) is 0.0800. The molecule has 3 aromatic rings. The summed E-state index contributed by atoms with van der Waals surface area (Å²) in [4.78, 5) is 39.7. The van der Waals surface area contributed by atoms with Crippen molar-refractivity contribution in [2.75, 3.05) is 22.6 Å². The first-order chi connectivity index (χ1) is 16.7. The minimum atomic E-state index is -0.686. The summed E-state index contributed by atoms with van der Waals surface area (Å²) < 4.78 is 5.31. The number of rotatable bonds is 6. The molecule has 0 unspecified atom stereocenters. The van der Waals surface area contributed by atoms with E-state index in [0.29, 0.717) is 27.2 Å². The molecule has 2 N–H and O–H groups in total. The van der Waals surface area contributed by atoms with Gasteiger partial charge in [-0.2, -0.15) is 0 Å². The lowest BCUT2D eigenvalue weighted by Crippen LogP contribution is -2.32. The number of hydrogen-bond donors (Lipinski definition) is 2. The molecule has 3 amide bonds. The first kappa shape index (κ1) is 24.6. The maximum atomic E-state index is 13.2. The molecule has 0 aromatic heterocycles. The first-order valence-corrected chi connectivity index (χ1v) is 11.4. The minimum absolute atomic E-state index is 0.112. The maximum absolute atomic E-state index is 13.2. The van der Waals surface area contributed by atoms with Gasteiger partial charge in [0.15, 0.2) is 0 Å². The molecule has 0 atom stereocenters. The Morgan fingerprint density at radius 2 is 1.71 bits per heavy atom. The van der Waals surface area contributed by atoms with E-state index in [1.807, 2.05) is 6.92 Å². The lowest BCUT2D eigenvalue weighted by atomic mass is 10.1. The Bertz CT molecular complexity index is 1400. The molecule has 0 spiro atoms. The van der Waals surface area contributed by atoms with Gasteiger partial charge in [-0.15, -0.1) is 0 Å². The number of anilines is 3. The number of amides is 3. The van der Waals surface area contributed by atoms with Gasteiger partial charge in [-0.25, -0.2) is 4.90 Å². The van der Waals surface area contributed by atoms with Crippen LogP contribution in [-0.4, -0.2) is 24.8 Å². The van der Waals surface area contributed by atoms with Crippen LogP contribution in [0.4, 0.5) is 17.1 Å². The standard InChI is InChI=1S/C25H18Cl3N3O4/c1-13-6-9-20(35-2)19(10-13)31-24(33)21(28)22(25(31)34)29-16-5-3-4-14(11-16)23(32)30-18-8-7-15(26)12-17(18)27/h3-12,29H,1-2H3,(H,30,32). The topological polar surface area (TPSA) is 87.7 Å². The molecule has 0 fully saturated rings. The van der Waals surface area contributed by atoms with Crippen molar-refractivity contribution in [1.29, 1.82) is 0 Å². The summed E-state index contributed by atoms with van der Waals surface area (Å²) in [5, 5.41) is 6.04. The van der Waals surface area contributed by atoms with Crippen LogP contribution in [0.15, 0.2) is 71.4 Å². The van der Waals surface area contributed by atoms with Gasteiger partial charge in [0.1, 0.15) is 16.5 Å². The number of halogens is 3. The van der Waals surface area contributed by atoms with Crippen LogP contribution in [0.5, 0.6) is 5.75 Å². The van der Waals surface area contributed by atoms with Crippen molar-refractivity contribution < 1.29 is 19.1 Å². The predicted molar refractivity (Wildman–Crippen MR) is 138 cm³/mol. The van der Waals surface area contributed by atoms with E-state index in [4.69, 9.17) is 39.5 Å². The van der Waals surface area contributed by atoms with Crippen molar-refractivity contribution in [3.05, 3.63) is 92.6 Å². The summed E-state index contributed by atoms with van der Waals surface area (Å²) in [6.07, 6.45) is 0. The van der Waals surface area contributed by atoms with Crippen LogP contribution in [0.1, 0.15) is 15.9 Å². The van der Waals surface area contributed by atoms with E-state index >= 15 is 0 Å². The van der Waals surface area contributed by atoms with E-state index in [-0.39, 0.29) is 22.0 Å². The number of nitrogens with zero attached hydrogens (tertiary/aromatic N) is 1. The summed E-state index contributed by atoms with van der Waals surface area (Å²) in [5.41, 5.74) is 2.06. The zero-order valence-corrected chi connectivity index (χ0v) is 20.8. The maximum Gasteiger partial charge on any atom is 0.283 e. The molecule has 0 saturated heterocycles. The van der Waals surface area contributed by atoms with Crippen LogP contribution in [0.3, 0.4) is 0 Å². The smallest absolute Gasteiger partial charge is 0.283 e. The number of benzene rings is 3. The largest absolute Gasteiger partial charge is 0.495 e. The summed E-state index contributed by atoms with van der Waals surface area (Å²) in [7, 11) is 1.45. The summed E-state index contributed by atoms with van der Waals surface area (Å²) in [5.74, 6) is -1.42. The summed E-state index contributed by atoms with van der Waals surface area (Å²) in [6.45, 7) is 1.83. The van der Waals surface area contributed by atoms with Gasteiger partial charge in [-0.3, -0.25) is 14.4 Å². The van der Waals surface area contributed by atoms with E-state index in [9.17, 15) is 14.4 Å². The van der Waals surface area contributed by atoms with Gasteiger partial charge in [0, 0.05) is 16.3 Å². The number of ether oxygens (including phenoxy) is 1. The Labute approximate surface area is 216 Å². The molecule has 1 aliphatic rings. The van der Waals surface area contributed by atoms with Gasteiger partial charge in [-0.05, 0) is 61.0 Å². The fourth-order valence-corrected chi connectivity index (χ4v) is 4.14. The third-order valence-corrected chi connectivity index (χ3v) is 6.07. The average Bonchev–Trinajstić information content (AvgIpc) is 3.04. The molecule has 0 bridgehead atoms. The Kier molecular flexibility index (Phi) is 7.03. The van der Waals surface area contributed by atoms with Crippen LogP contribution < -0.4 is 20.3 Å².